The van der Waals surface area contributed by atoms with Crippen molar-refractivity contribution in [3.63, 3.8) is 0 Å². The zero-order chi connectivity index (χ0) is 14.8. The van der Waals surface area contributed by atoms with Gasteiger partial charge >= 0.3 is 0 Å². The number of hydrogen-bond acceptors (Lipinski definition) is 5. The number of nitriles is 1. The summed E-state index contributed by atoms with van der Waals surface area (Å²) in [5.74, 6) is 0. The largest absolute Gasteiger partial charge is 0.397 e. The average molecular weight is 307 g/mol. The summed E-state index contributed by atoms with van der Waals surface area (Å²) in [5.41, 5.74) is 6.62. The predicted molar refractivity (Wildman–Crippen MR) is 80.1 cm³/mol. The fourth-order valence-corrected chi connectivity index (χ4v) is 4.00. The molecule has 0 aliphatic rings. The Morgan fingerprint density at radius 3 is 2.65 bits per heavy atom. The Labute approximate surface area is 121 Å². The fraction of sp³-hybridized carbons (Fsp3) is 0.154. The van der Waals surface area contributed by atoms with Crippen LogP contribution in [0.3, 0.4) is 0 Å². The maximum absolute atomic E-state index is 12.2. The van der Waals surface area contributed by atoms with E-state index in [0.717, 1.165) is 11.3 Å². The van der Waals surface area contributed by atoms with Crippen LogP contribution in [-0.2, 0) is 16.4 Å². The van der Waals surface area contributed by atoms with Crippen LogP contribution >= 0.6 is 11.3 Å². The summed E-state index contributed by atoms with van der Waals surface area (Å²) >= 11 is 1.23. The molecule has 104 valence electrons. The first kappa shape index (κ1) is 14.4. The molecule has 0 atom stereocenters. The molecule has 0 bridgehead atoms. The number of nitrogens with one attached hydrogen (secondary N) is 1. The highest BCUT2D eigenvalue weighted by molar-refractivity contribution is 7.94. The van der Waals surface area contributed by atoms with E-state index in [-0.39, 0.29) is 15.6 Å². The summed E-state index contributed by atoms with van der Waals surface area (Å²) < 4.78 is 27.1. The van der Waals surface area contributed by atoms with Crippen molar-refractivity contribution in [1.29, 1.82) is 5.26 Å². The molecule has 5 nitrogen and oxygen atoms in total. The number of anilines is 2. The van der Waals surface area contributed by atoms with Gasteiger partial charge in [0.2, 0.25) is 0 Å². The SMILES string of the molecule is CCc1ccc(S(=O)(=O)Nc2ccc(C#N)cc2N)s1. The van der Waals surface area contributed by atoms with Gasteiger partial charge in [-0.05, 0) is 36.8 Å². The van der Waals surface area contributed by atoms with Gasteiger partial charge in [-0.1, -0.05) is 6.92 Å². The zero-order valence-corrected chi connectivity index (χ0v) is 12.4. The second kappa shape index (κ2) is 5.53. The van der Waals surface area contributed by atoms with Gasteiger partial charge in [-0.25, -0.2) is 8.42 Å². The third-order valence-electron chi connectivity index (χ3n) is 2.68. The minimum atomic E-state index is -3.64. The molecule has 0 unspecified atom stereocenters. The molecule has 0 saturated heterocycles. The first-order valence-electron chi connectivity index (χ1n) is 5.87. The number of nitrogens with two attached hydrogens (primary N) is 1. The lowest BCUT2D eigenvalue weighted by Crippen LogP contribution is -2.12. The molecule has 3 N–H and O–H groups in total. The zero-order valence-electron chi connectivity index (χ0n) is 10.8. The summed E-state index contributed by atoms with van der Waals surface area (Å²) in [7, 11) is -3.64. The van der Waals surface area contributed by atoms with Crippen LogP contribution in [0, 0.1) is 11.3 Å². The maximum atomic E-state index is 12.2. The number of thiophene rings is 1. The van der Waals surface area contributed by atoms with Crippen LogP contribution in [0.2, 0.25) is 0 Å². The van der Waals surface area contributed by atoms with Gasteiger partial charge < -0.3 is 5.73 Å². The van der Waals surface area contributed by atoms with Gasteiger partial charge in [0.1, 0.15) is 4.21 Å². The van der Waals surface area contributed by atoms with Crippen LogP contribution in [0.5, 0.6) is 0 Å². The van der Waals surface area contributed by atoms with Crippen LogP contribution in [0.15, 0.2) is 34.5 Å². The van der Waals surface area contributed by atoms with E-state index < -0.39 is 10.0 Å². The Morgan fingerprint density at radius 1 is 1.35 bits per heavy atom. The first-order valence-corrected chi connectivity index (χ1v) is 8.17. The van der Waals surface area contributed by atoms with Crippen molar-refractivity contribution in [3.05, 3.63) is 40.8 Å². The van der Waals surface area contributed by atoms with E-state index in [1.807, 2.05) is 13.0 Å². The van der Waals surface area contributed by atoms with Gasteiger partial charge in [-0.15, -0.1) is 11.3 Å². The third-order valence-corrected chi connectivity index (χ3v) is 5.76. The molecular formula is C13H13N3O2S2. The summed E-state index contributed by atoms with van der Waals surface area (Å²) in [5, 5.41) is 8.75. The lowest BCUT2D eigenvalue weighted by atomic mass is 10.2. The molecule has 2 rings (SSSR count). The molecule has 1 aromatic heterocycles. The number of nitrogens with zero attached hydrogens (tertiary/aromatic N) is 1. The van der Waals surface area contributed by atoms with E-state index in [1.54, 1.807) is 12.1 Å². The molecule has 0 fully saturated rings. The topological polar surface area (TPSA) is 96.0 Å². The normalized spacial score (nSPS) is 11.0. The van der Waals surface area contributed by atoms with Gasteiger partial charge in [0.05, 0.1) is 23.0 Å². The van der Waals surface area contributed by atoms with Crippen molar-refractivity contribution in [1.82, 2.24) is 0 Å². The van der Waals surface area contributed by atoms with Gasteiger partial charge in [-0.2, -0.15) is 5.26 Å². The quantitative estimate of drug-likeness (QED) is 0.848. The smallest absolute Gasteiger partial charge is 0.271 e. The van der Waals surface area contributed by atoms with Crippen LogP contribution in [-0.4, -0.2) is 8.42 Å². The van der Waals surface area contributed by atoms with E-state index in [1.165, 1.54) is 29.5 Å². The number of nitrogen functional groups attached to an aromatic ring is 1. The Bertz CT molecular complexity index is 773. The third kappa shape index (κ3) is 2.92. The molecule has 0 saturated carbocycles. The second-order valence-corrected chi connectivity index (χ2v) is 7.17. The van der Waals surface area contributed by atoms with Crippen LogP contribution in [0.4, 0.5) is 11.4 Å². The Balaban J connectivity index is 2.31. The molecule has 0 amide bonds. The molecule has 1 heterocycles. The van der Waals surface area contributed by atoms with E-state index >= 15 is 0 Å². The van der Waals surface area contributed by atoms with Crippen molar-refractivity contribution < 1.29 is 8.42 Å². The standard InChI is InChI=1S/C13H13N3O2S2/c1-2-10-4-6-13(19-10)20(17,18)16-12-5-3-9(8-14)7-11(12)15/h3-7,16H,2,15H2,1H3. The molecular weight excluding hydrogens is 294 g/mol. The fourth-order valence-electron chi connectivity index (χ4n) is 1.61. The highest BCUT2D eigenvalue weighted by Crippen LogP contribution is 2.27. The number of benzene rings is 1. The molecule has 0 aliphatic heterocycles. The summed E-state index contributed by atoms with van der Waals surface area (Å²) in [6.07, 6.45) is 0.791. The summed E-state index contributed by atoms with van der Waals surface area (Å²) in [6, 6.07) is 9.75. The molecule has 20 heavy (non-hydrogen) atoms. The highest BCUT2D eigenvalue weighted by Gasteiger charge is 2.17. The van der Waals surface area contributed by atoms with Crippen LogP contribution in [0.25, 0.3) is 0 Å². The van der Waals surface area contributed by atoms with Crippen LogP contribution < -0.4 is 10.5 Å². The summed E-state index contributed by atoms with van der Waals surface area (Å²) in [6.45, 7) is 1.97. The van der Waals surface area contributed by atoms with Crippen molar-refractivity contribution in [2.24, 2.45) is 0 Å². The van der Waals surface area contributed by atoms with E-state index in [0.29, 0.717) is 5.56 Å². The Hall–Kier alpha value is -2.04. The molecule has 7 heteroatoms. The van der Waals surface area contributed by atoms with Crippen LogP contribution in [0.1, 0.15) is 17.4 Å². The second-order valence-electron chi connectivity index (χ2n) is 4.09. The van der Waals surface area contributed by atoms with E-state index in [9.17, 15) is 8.42 Å². The molecule has 2 aromatic rings. The van der Waals surface area contributed by atoms with Crippen molar-refractivity contribution >= 4 is 32.7 Å². The minimum absolute atomic E-state index is 0.222. The Morgan fingerprint density at radius 2 is 2.10 bits per heavy atom. The van der Waals surface area contributed by atoms with Crippen molar-refractivity contribution in [3.8, 4) is 6.07 Å². The molecule has 0 spiro atoms. The first-order chi connectivity index (χ1) is 9.46. The maximum Gasteiger partial charge on any atom is 0.271 e. The Kier molecular flexibility index (Phi) is 3.97. The molecule has 1 aromatic carbocycles. The molecule has 0 radical (unpaired) electrons. The number of sulfonamides is 1. The summed E-state index contributed by atoms with van der Waals surface area (Å²) in [4.78, 5) is 0.998. The van der Waals surface area contributed by atoms with Gasteiger partial charge in [0.15, 0.2) is 0 Å². The van der Waals surface area contributed by atoms with Crippen molar-refractivity contribution in [2.75, 3.05) is 10.5 Å². The monoisotopic (exact) mass is 307 g/mol. The van der Waals surface area contributed by atoms with Gasteiger partial charge in [0.25, 0.3) is 10.0 Å². The van der Waals surface area contributed by atoms with E-state index in [2.05, 4.69) is 4.72 Å². The van der Waals surface area contributed by atoms with E-state index in [4.69, 9.17) is 11.0 Å². The number of rotatable bonds is 4. The van der Waals surface area contributed by atoms with Gasteiger partial charge in [0, 0.05) is 4.88 Å². The van der Waals surface area contributed by atoms with Crippen molar-refractivity contribution in [2.45, 2.75) is 17.6 Å². The average Bonchev–Trinajstić information content (AvgIpc) is 2.90. The number of hydrogen-bond donors (Lipinski definition) is 2. The lowest BCUT2D eigenvalue weighted by molar-refractivity contribution is 0.603. The lowest BCUT2D eigenvalue weighted by Gasteiger charge is -2.09. The predicted octanol–water partition coefficient (Wildman–Crippen LogP) is 2.57. The highest BCUT2D eigenvalue weighted by atomic mass is 32.2. The number of aryl methyl sites for hydroxylation is 1. The van der Waals surface area contributed by atoms with Gasteiger partial charge in [-0.3, -0.25) is 4.72 Å². The molecule has 0 aliphatic carbocycles. The minimum Gasteiger partial charge on any atom is -0.397 e.